The van der Waals surface area contributed by atoms with Crippen molar-refractivity contribution in [3.63, 3.8) is 0 Å². The van der Waals surface area contributed by atoms with Gasteiger partial charge in [0, 0.05) is 26.3 Å². The van der Waals surface area contributed by atoms with Crippen LogP contribution in [0.15, 0.2) is 10.7 Å². The molecular formula is C10H16BrN3O. The number of hydrogen-bond donors (Lipinski definition) is 1. The van der Waals surface area contributed by atoms with E-state index in [2.05, 4.69) is 31.2 Å². The highest BCUT2D eigenvalue weighted by atomic mass is 79.9. The Morgan fingerprint density at radius 2 is 2.20 bits per heavy atom. The summed E-state index contributed by atoms with van der Waals surface area (Å²) >= 11 is 3.34. The quantitative estimate of drug-likeness (QED) is 0.639. The Kier molecular flexibility index (Phi) is 5.57. The number of nitrogens with zero attached hydrogens (tertiary/aromatic N) is 2. The second kappa shape index (κ2) is 6.74. The highest BCUT2D eigenvalue weighted by molar-refractivity contribution is 9.10. The highest BCUT2D eigenvalue weighted by Gasteiger charge is 1.98. The standard InChI is InChI=1S/C10H16BrN3O/c1-8-13-9(11)7-10(14-8)12-5-3-4-6-15-2/h7H,3-6H2,1-2H3,(H,12,13,14). The predicted molar refractivity (Wildman–Crippen MR) is 64.1 cm³/mol. The topological polar surface area (TPSA) is 47.0 Å². The van der Waals surface area contributed by atoms with Crippen molar-refractivity contribution in [2.24, 2.45) is 0 Å². The number of methoxy groups -OCH3 is 1. The van der Waals surface area contributed by atoms with Crippen molar-refractivity contribution in [1.82, 2.24) is 9.97 Å². The average molecular weight is 274 g/mol. The number of aryl methyl sites for hydroxylation is 1. The first-order valence-corrected chi connectivity index (χ1v) is 5.75. The average Bonchev–Trinajstić information content (AvgIpc) is 2.16. The lowest BCUT2D eigenvalue weighted by atomic mass is 10.3. The zero-order valence-electron chi connectivity index (χ0n) is 9.09. The van der Waals surface area contributed by atoms with Gasteiger partial charge in [-0.2, -0.15) is 0 Å². The molecule has 1 aromatic heterocycles. The molecule has 0 aliphatic carbocycles. The number of nitrogens with one attached hydrogen (secondary N) is 1. The van der Waals surface area contributed by atoms with Gasteiger partial charge in [0.15, 0.2) is 0 Å². The summed E-state index contributed by atoms with van der Waals surface area (Å²) in [6.45, 7) is 3.60. The minimum absolute atomic E-state index is 0.767. The van der Waals surface area contributed by atoms with E-state index >= 15 is 0 Å². The molecule has 0 atom stereocenters. The normalized spacial score (nSPS) is 10.3. The Hall–Kier alpha value is -0.680. The summed E-state index contributed by atoms with van der Waals surface area (Å²) in [5.41, 5.74) is 0. The molecule has 0 aliphatic heterocycles. The van der Waals surface area contributed by atoms with Gasteiger partial charge >= 0.3 is 0 Å². The molecule has 4 nitrogen and oxygen atoms in total. The third-order valence-electron chi connectivity index (χ3n) is 1.89. The van der Waals surface area contributed by atoms with Crippen LogP contribution in [0.2, 0.25) is 0 Å². The van der Waals surface area contributed by atoms with Crippen molar-refractivity contribution in [1.29, 1.82) is 0 Å². The van der Waals surface area contributed by atoms with E-state index in [9.17, 15) is 0 Å². The third-order valence-corrected chi connectivity index (χ3v) is 2.29. The fourth-order valence-electron chi connectivity index (χ4n) is 1.21. The molecule has 0 aliphatic rings. The second-order valence-electron chi connectivity index (χ2n) is 3.25. The summed E-state index contributed by atoms with van der Waals surface area (Å²) < 4.78 is 5.79. The maximum absolute atomic E-state index is 4.97. The van der Waals surface area contributed by atoms with Crippen LogP contribution in [0, 0.1) is 6.92 Å². The number of aromatic nitrogens is 2. The molecule has 1 rings (SSSR count). The monoisotopic (exact) mass is 273 g/mol. The minimum atomic E-state index is 0.767. The lowest BCUT2D eigenvalue weighted by Crippen LogP contribution is -2.05. The molecule has 0 unspecified atom stereocenters. The second-order valence-corrected chi connectivity index (χ2v) is 4.06. The van der Waals surface area contributed by atoms with Gasteiger partial charge in [0.05, 0.1) is 0 Å². The van der Waals surface area contributed by atoms with E-state index in [4.69, 9.17) is 4.74 Å². The van der Waals surface area contributed by atoms with Crippen LogP contribution >= 0.6 is 15.9 Å². The van der Waals surface area contributed by atoms with Gasteiger partial charge in [-0.05, 0) is 35.7 Å². The first-order chi connectivity index (χ1) is 7.22. The molecule has 15 heavy (non-hydrogen) atoms. The lowest BCUT2D eigenvalue weighted by molar-refractivity contribution is 0.194. The number of halogens is 1. The Morgan fingerprint density at radius 1 is 1.40 bits per heavy atom. The van der Waals surface area contributed by atoms with Crippen LogP contribution in [0.3, 0.4) is 0 Å². The number of unbranched alkanes of at least 4 members (excludes halogenated alkanes) is 1. The van der Waals surface area contributed by atoms with E-state index in [1.807, 2.05) is 13.0 Å². The summed E-state index contributed by atoms with van der Waals surface area (Å²) in [5.74, 6) is 1.63. The van der Waals surface area contributed by atoms with E-state index in [1.165, 1.54) is 0 Å². The highest BCUT2D eigenvalue weighted by Crippen LogP contribution is 2.11. The van der Waals surface area contributed by atoms with Crippen molar-refractivity contribution in [2.45, 2.75) is 19.8 Å². The van der Waals surface area contributed by atoms with Crippen LogP contribution in [0.25, 0.3) is 0 Å². The zero-order valence-corrected chi connectivity index (χ0v) is 10.7. The molecule has 1 aromatic rings. The Labute approximate surface area is 98.6 Å². The van der Waals surface area contributed by atoms with Crippen molar-refractivity contribution in [3.05, 3.63) is 16.5 Å². The molecular weight excluding hydrogens is 258 g/mol. The number of ether oxygens (including phenoxy) is 1. The first kappa shape index (κ1) is 12.4. The number of hydrogen-bond acceptors (Lipinski definition) is 4. The van der Waals surface area contributed by atoms with Crippen LogP contribution in [0.5, 0.6) is 0 Å². The zero-order chi connectivity index (χ0) is 11.1. The molecule has 0 fully saturated rings. The smallest absolute Gasteiger partial charge is 0.130 e. The van der Waals surface area contributed by atoms with Gasteiger partial charge in [0.25, 0.3) is 0 Å². The molecule has 0 bridgehead atoms. The molecule has 0 saturated carbocycles. The van der Waals surface area contributed by atoms with Gasteiger partial charge in [-0.25, -0.2) is 9.97 Å². The van der Waals surface area contributed by atoms with E-state index < -0.39 is 0 Å². The van der Waals surface area contributed by atoms with Gasteiger partial charge in [-0.1, -0.05) is 0 Å². The number of anilines is 1. The predicted octanol–water partition coefficient (Wildman–Crippen LogP) is 2.39. The van der Waals surface area contributed by atoms with E-state index in [-0.39, 0.29) is 0 Å². The van der Waals surface area contributed by atoms with Gasteiger partial charge in [-0.15, -0.1) is 0 Å². The minimum Gasteiger partial charge on any atom is -0.385 e. The van der Waals surface area contributed by atoms with Gasteiger partial charge in [-0.3, -0.25) is 0 Å². The SMILES string of the molecule is COCCCCNc1cc(Br)nc(C)n1. The third kappa shape index (κ3) is 5.09. The van der Waals surface area contributed by atoms with Crippen LogP contribution < -0.4 is 5.32 Å². The molecule has 1 N–H and O–H groups in total. The Bertz CT molecular complexity index is 286. The van der Waals surface area contributed by atoms with Crippen LogP contribution in [-0.4, -0.2) is 30.2 Å². The molecule has 0 aromatic carbocycles. The fourth-order valence-corrected chi connectivity index (χ4v) is 1.68. The van der Waals surface area contributed by atoms with Crippen LogP contribution in [0.1, 0.15) is 18.7 Å². The van der Waals surface area contributed by atoms with E-state index in [0.29, 0.717) is 0 Å². The van der Waals surface area contributed by atoms with E-state index in [0.717, 1.165) is 42.2 Å². The molecule has 5 heteroatoms. The molecule has 0 radical (unpaired) electrons. The lowest BCUT2D eigenvalue weighted by Gasteiger charge is -2.06. The summed E-state index contributed by atoms with van der Waals surface area (Å²) in [6, 6.07) is 1.88. The van der Waals surface area contributed by atoms with Crippen molar-refractivity contribution in [2.75, 3.05) is 25.6 Å². The van der Waals surface area contributed by atoms with Gasteiger partial charge < -0.3 is 10.1 Å². The van der Waals surface area contributed by atoms with Crippen molar-refractivity contribution < 1.29 is 4.74 Å². The summed E-state index contributed by atoms with van der Waals surface area (Å²) in [7, 11) is 1.72. The molecule has 0 amide bonds. The van der Waals surface area contributed by atoms with Gasteiger partial charge in [0.2, 0.25) is 0 Å². The van der Waals surface area contributed by atoms with Crippen LogP contribution in [0.4, 0.5) is 5.82 Å². The van der Waals surface area contributed by atoms with Gasteiger partial charge in [0.1, 0.15) is 16.2 Å². The van der Waals surface area contributed by atoms with Crippen molar-refractivity contribution in [3.8, 4) is 0 Å². The summed E-state index contributed by atoms with van der Waals surface area (Å²) in [4.78, 5) is 8.41. The molecule has 0 spiro atoms. The largest absolute Gasteiger partial charge is 0.385 e. The summed E-state index contributed by atoms with van der Waals surface area (Å²) in [5, 5.41) is 3.25. The van der Waals surface area contributed by atoms with E-state index in [1.54, 1.807) is 7.11 Å². The Morgan fingerprint density at radius 3 is 2.87 bits per heavy atom. The molecule has 84 valence electrons. The molecule has 1 heterocycles. The summed E-state index contributed by atoms with van der Waals surface area (Å²) in [6.07, 6.45) is 2.14. The number of rotatable bonds is 6. The maximum atomic E-state index is 4.97. The Balaban J connectivity index is 2.31. The van der Waals surface area contributed by atoms with Crippen molar-refractivity contribution >= 4 is 21.7 Å². The first-order valence-electron chi connectivity index (χ1n) is 4.96. The van der Waals surface area contributed by atoms with Crippen LogP contribution in [-0.2, 0) is 4.74 Å². The molecule has 0 saturated heterocycles. The maximum Gasteiger partial charge on any atom is 0.130 e. The fraction of sp³-hybridized carbons (Fsp3) is 0.600.